The second-order valence-corrected chi connectivity index (χ2v) is 4.32. The third-order valence-electron chi connectivity index (χ3n) is 2.91. The summed E-state index contributed by atoms with van der Waals surface area (Å²) in [6, 6.07) is 0. The number of anilines is 2. The van der Waals surface area contributed by atoms with E-state index in [1.807, 2.05) is 0 Å². The summed E-state index contributed by atoms with van der Waals surface area (Å²) in [7, 11) is 0. The molecule has 0 saturated carbocycles. The third kappa shape index (κ3) is 1.85. The van der Waals surface area contributed by atoms with Crippen molar-refractivity contribution >= 4 is 34.0 Å². The predicted molar refractivity (Wildman–Crippen MR) is 78.2 cm³/mol. The number of hydrogen-bond donors (Lipinski definition) is 4. The molecule has 0 aliphatic rings. The van der Waals surface area contributed by atoms with Gasteiger partial charge in [0.1, 0.15) is 11.0 Å². The minimum atomic E-state index is 0.224. The van der Waals surface area contributed by atoms with E-state index in [0.717, 1.165) is 0 Å². The summed E-state index contributed by atoms with van der Waals surface area (Å²) in [6.45, 7) is 0. The van der Waals surface area contributed by atoms with Crippen molar-refractivity contribution in [3.8, 4) is 11.8 Å². The van der Waals surface area contributed by atoms with Crippen LogP contribution in [0.3, 0.4) is 0 Å². The first-order valence-corrected chi connectivity index (χ1v) is 6.16. The highest BCUT2D eigenvalue weighted by atomic mass is 15.1. The molecule has 4 aromatic rings. The number of imidazole rings is 2. The maximum Gasteiger partial charge on any atom is 0.209 e. The van der Waals surface area contributed by atoms with Gasteiger partial charge in [0.2, 0.25) is 11.6 Å². The highest BCUT2D eigenvalue weighted by Crippen LogP contribution is 2.13. The van der Waals surface area contributed by atoms with Crippen LogP contribution in [0.1, 0.15) is 11.6 Å². The van der Waals surface area contributed by atoms with Crippen molar-refractivity contribution in [1.82, 2.24) is 39.9 Å². The molecule has 0 spiro atoms. The molecular formula is C12H8N10. The molecule has 0 fully saturated rings. The van der Waals surface area contributed by atoms with Crippen LogP contribution in [0.5, 0.6) is 0 Å². The SMILES string of the molecule is Nc1nc(C#Cc2nc(N)c3[nH]cnc3n2)nc2nc[nH]c12. The topological polar surface area (TPSA) is 161 Å². The van der Waals surface area contributed by atoms with Crippen LogP contribution < -0.4 is 11.5 Å². The van der Waals surface area contributed by atoms with Crippen LogP contribution in [0.25, 0.3) is 22.3 Å². The van der Waals surface area contributed by atoms with Crippen LogP contribution in [0, 0.1) is 11.8 Å². The average molecular weight is 292 g/mol. The lowest BCUT2D eigenvalue weighted by Crippen LogP contribution is -1.99. The Morgan fingerprint density at radius 3 is 1.64 bits per heavy atom. The first-order chi connectivity index (χ1) is 10.7. The van der Waals surface area contributed by atoms with Crippen molar-refractivity contribution in [3.63, 3.8) is 0 Å². The minimum Gasteiger partial charge on any atom is -0.382 e. The Balaban J connectivity index is 1.79. The first-order valence-electron chi connectivity index (χ1n) is 6.16. The summed E-state index contributed by atoms with van der Waals surface area (Å²) in [5.74, 6) is 6.48. The average Bonchev–Trinajstić information content (AvgIpc) is 3.13. The second-order valence-electron chi connectivity index (χ2n) is 4.32. The van der Waals surface area contributed by atoms with Gasteiger partial charge in [-0.15, -0.1) is 0 Å². The Bertz CT molecular complexity index is 980. The lowest BCUT2D eigenvalue weighted by atomic mass is 10.4. The number of rotatable bonds is 0. The van der Waals surface area contributed by atoms with E-state index >= 15 is 0 Å². The van der Waals surface area contributed by atoms with E-state index in [4.69, 9.17) is 11.5 Å². The van der Waals surface area contributed by atoms with Crippen LogP contribution >= 0.6 is 0 Å². The van der Waals surface area contributed by atoms with Gasteiger partial charge in [0.15, 0.2) is 22.9 Å². The zero-order chi connectivity index (χ0) is 15.1. The molecule has 0 radical (unpaired) electrons. The molecule has 0 aliphatic heterocycles. The van der Waals surface area contributed by atoms with Crippen molar-refractivity contribution < 1.29 is 0 Å². The van der Waals surface area contributed by atoms with E-state index < -0.39 is 0 Å². The number of H-pyrrole nitrogens is 2. The van der Waals surface area contributed by atoms with E-state index in [0.29, 0.717) is 22.3 Å². The summed E-state index contributed by atoms with van der Waals surface area (Å²) in [5, 5.41) is 0. The molecule has 0 atom stereocenters. The molecule has 0 aromatic carbocycles. The molecule has 4 heterocycles. The number of fused-ring (bicyclic) bond motifs is 2. The fraction of sp³-hybridized carbons (Fsp3) is 0. The number of nitrogens with two attached hydrogens (primary N) is 2. The Morgan fingerprint density at radius 2 is 1.18 bits per heavy atom. The van der Waals surface area contributed by atoms with Gasteiger partial charge in [-0.25, -0.2) is 19.9 Å². The molecule has 0 bridgehead atoms. The van der Waals surface area contributed by atoms with Crippen LogP contribution in [0.15, 0.2) is 12.7 Å². The van der Waals surface area contributed by atoms with Crippen molar-refractivity contribution in [2.24, 2.45) is 0 Å². The summed E-state index contributed by atoms with van der Waals surface area (Å²) in [5.41, 5.74) is 13.6. The highest BCUT2D eigenvalue weighted by molar-refractivity contribution is 5.82. The van der Waals surface area contributed by atoms with Gasteiger partial charge in [-0.05, 0) is 11.8 Å². The standard InChI is InChI=1S/C12H8N10/c13-9-7-11(17-3-15-7)21-5(19-9)1-2-6-20-10(14)8-12(22-6)18-4-16-8/h3-4H,(H3,13,15,17,19,21)(H3,14,16,18,20,22). The fourth-order valence-corrected chi connectivity index (χ4v) is 1.93. The van der Waals surface area contributed by atoms with Crippen LogP contribution in [-0.2, 0) is 0 Å². The summed E-state index contributed by atoms with van der Waals surface area (Å²) in [4.78, 5) is 30.2. The largest absolute Gasteiger partial charge is 0.382 e. The van der Waals surface area contributed by atoms with E-state index in [9.17, 15) is 0 Å². The van der Waals surface area contributed by atoms with Gasteiger partial charge < -0.3 is 21.4 Å². The van der Waals surface area contributed by atoms with Gasteiger partial charge in [0.05, 0.1) is 12.7 Å². The first kappa shape index (κ1) is 12.0. The molecule has 22 heavy (non-hydrogen) atoms. The Hall–Kier alpha value is -3.74. The summed E-state index contributed by atoms with van der Waals surface area (Å²) in [6.07, 6.45) is 2.98. The lowest BCUT2D eigenvalue weighted by molar-refractivity contribution is 1.15. The maximum atomic E-state index is 5.80. The highest BCUT2D eigenvalue weighted by Gasteiger charge is 2.07. The molecule has 10 heteroatoms. The van der Waals surface area contributed by atoms with E-state index in [1.165, 1.54) is 12.7 Å². The minimum absolute atomic E-state index is 0.224. The summed E-state index contributed by atoms with van der Waals surface area (Å²) >= 11 is 0. The quantitative estimate of drug-likeness (QED) is 0.318. The monoisotopic (exact) mass is 292 g/mol. The molecule has 4 aromatic heterocycles. The van der Waals surface area contributed by atoms with Gasteiger partial charge >= 0.3 is 0 Å². The number of aromatic nitrogens is 8. The zero-order valence-electron chi connectivity index (χ0n) is 11.0. The van der Waals surface area contributed by atoms with Crippen molar-refractivity contribution in [3.05, 3.63) is 24.3 Å². The third-order valence-corrected chi connectivity index (χ3v) is 2.91. The van der Waals surface area contributed by atoms with Crippen molar-refractivity contribution in [2.75, 3.05) is 11.5 Å². The number of nitrogens with one attached hydrogen (secondary N) is 2. The molecule has 0 saturated heterocycles. The molecule has 6 N–H and O–H groups in total. The fourth-order valence-electron chi connectivity index (χ4n) is 1.93. The van der Waals surface area contributed by atoms with Crippen LogP contribution in [0.2, 0.25) is 0 Å². The Morgan fingerprint density at radius 1 is 0.727 bits per heavy atom. The van der Waals surface area contributed by atoms with Crippen LogP contribution in [-0.4, -0.2) is 39.9 Å². The normalized spacial score (nSPS) is 10.7. The second kappa shape index (κ2) is 4.38. The van der Waals surface area contributed by atoms with Crippen molar-refractivity contribution in [2.45, 2.75) is 0 Å². The van der Waals surface area contributed by atoms with Gasteiger partial charge in [-0.3, -0.25) is 0 Å². The smallest absolute Gasteiger partial charge is 0.209 e. The van der Waals surface area contributed by atoms with E-state index in [-0.39, 0.29) is 23.3 Å². The molecule has 0 amide bonds. The number of hydrogen-bond acceptors (Lipinski definition) is 8. The van der Waals surface area contributed by atoms with Gasteiger partial charge in [-0.2, -0.15) is 9.97 Å². The molecule has 0 aliphatic carbocycles. The zero-order valence-corrected chi connectivity index (χ0v) is 11.0. The van der Waals surface area contributed by atoms with E-state index in [2.05, 4.69) is 51.7 Å². The molecular weight excluding hydrogens is 284 g/mol. The van der Waals surface area contributed by atoms with Gasteiger partial charge in [0.25, 0.3) is 0 Å². The molecule has 10 nitrogen and oxygen atoms in total. The van der Waals surface area contributed by atoms with Crippen LogP contribution in [0.4, 0.5) is 11.6 Å². The number of nitrogen functional groups attached to an aromatic ring is 2. The van der Waals surface area contributed by atoms with E-state index in [1.54, 1.807) is 0 Å². The number of nitrogens with zero attached hydrogens (tertiary/aromatic N) is 6. The van der Waals surface area contributed by atoms with Crippen molar-refractivity contribution in [1.29, 1.82) is 0 Å². The maximum absolute atomic E-state index is 5.80. The Labute approximate surface area is 122 Å². The predicted octanol–water partition coefficient (Wildman–Crippen LogP) is -0.417. The molecule has 4 rings (SSSR count). The molecule has 106 valence electrons. The Kier molecular flexibility index (Phi) is 2.40. The van der Waals surface area contributed by atoms with Gasteiger partial charge in [0, 0.05) is 0 Å². The summed E-state index contributed by atoms with van der Waals surface area (Å²) < 4.78 is 0. The van der Waals surface area contributed by atoms with Gasteiger partial charge in [-0.1, -0.05) is 0 Å². The molecule has 0 unspecified atom stereocenters. The lowest BCUT2D eigenvalue weighted by Gasteiger charge is -1.96. The number of aromatic amines is 2.